The lowest BCUT2D eigenvalue weighted by atomic mass is 10.1. The lowest BCUT2D eigenvalue weighted by molar-refractivity contribution is 0.259. The summed E-state index contributed by atoms with van der Waals surface area (Å²) in [6.45, 7) is 4.26. The summed E-state index contributed by atoms with van der Waals surface area (Å²) in [5, 5.41) is 8.92. The molecule has 0 saturated heterocycles. The van der Waals surface area contributed by atoms with Crippen LogP contribution in [0.25, 0.3) is 0 Å². The maximum atomic E-state index is 12.5. The molecule has 3 aromatic rings. The van der Waals surface area contributed by atoms with E-state index in [9.17, 15) is 4.79 Å². The number of nitrogens with zero attached hydrogens (tertiary/aromatic N) is 3. The molecular formula is C24H28N6O3. The molecule has 0 unspecified atom stereocenters. The number of aromatic nitrogens is 2. The number of para-hydroxylation sites is 1. The van der Waals surface area contributed by atoms with Gasteiger partial charge >= 0.3 is 6.03 Å². The van der Waals surface area contributed by atoms with Crippen molar-refractivity contribution in [2.45, 2.75) is 20.3 Å². The summed E-state index contributed by atoms with van der Waals surface area (Å²) < 4.78 is 10.6. The molecule has 0 atom stereocenters. The molecule has 1 heterocycles. The molecule has 9 nitrogen and oxygen atoms in total. The Labute approximate surface area is 193 Å². The van der Waals surface area contributed by atoms with Crippen LogP contribution >= 0.6 is 0 Å². The summed E-state index contributed by atoms with van der Waals surface area (Å²) in [6.07, 6.45) is 0.662. The number of anilines is 2. The Morgan fingerprint density at radius 2 is 1.61 bits per heavy atom. The highest BCUT2D eigenvalue weighted by Gasteiger charge is 2.09. The Morgan fingerprint density at radius 1 is 0.909 bits per heavy atom. The molecule has 1 aromatic heterocycles. The van der Waals surface area contributed by atoms with Crippen molar-refractivity contribution in [1.29, 1.82) is 0 Å². The van der Waals surface area contributed by atoms with E-state index in [4.69, 9.17) is 9.47 Å². The molecule has 0 spiro atoms. The zero-order chi connectivity index (χ0) is 23.6. The third kappa shape index (κ3) is 7.20. The number of carbonyl (C=O) groups is 1. The zero-order valence-electron chi connectivity index (χ0n) is 19.2. The summed E-state index contributed by atoms with van der Waals surface area (Å²) in [7, 11) is 3.20. The number of aliphatic imine (C=N–C) groups is 1. The molecule has 0 fully saturated rings. The fraction of sp³-hybridized carbons (Fsp3) is 0.250. The van der Waals surface area contributed by atoms with Crippen molar-refractivity contribution < 1.29 is 14.3 Å². The lowest BCUT2D eigenvalue weighted by Crippen LogP contribution is -2.34. The number of benzene rings is 2. The van der Waals surface area contributed by atoms with Crippen LogP contribution in [-0.4, -0.2) is 42.7 Å². The molecule has 0 aliphatic rings. The Morgan fingerprint density at radius 3 is 2.27 bits per heavy atom. The second-order valence-corrected chi connectivity index (χ2v) is 7.22. The minimum Gasteiger partial charge on any atom is -0.493 e. The molecule has 0 aliphatic heterocycles. The summed E-state index contributed by atoms with van der Waals surface area (Å²) >= 11 is 0. The number of rotatable bonds is 7. The lowest BCUT2D eigenvalue weighted by Gasteiger charge is -2.13. The maximum absolute atomic E-state index is 12.5. The number of urea groups is 1. The standard InChI is InChI=1S/C24H28N6O3/c1-16-14-17(2)27-23(26-16)29-22(30-24(31)28-19-8-6-5-7-9-19)25-13-12-18-10-11-20(32-3)21(15-18)33-4/h5-11,14-15H,12-13H2,1-4H3,(H3,25,26,27,28,29,30,31). The largest absolute Gasteiger partial charge is 0.493 e. The number of ether oxygens (including phenoxy) is 2. The second-order valence-electron chi connectivity index (χ2n) is 7.22. The smallest absolute Gasteiger partial charge is 0.348 e. The van der Waals surface area contributed by atoms with Crippen LogP contribution < -0.4 is 25.4 Å². The fourth-order valence-electron chi connectivity index (χ4n) is 3.14. The molecule has 0 saturated carbocycles. The van der Waals surface area contributed by atoms with Crippen LogP contribution in [-0.2, 0) is 6.42 Å². The van der Waals surface area contributed by atoms with Gasteiger partial charge in [-0.05, 0) is 56.2 Å². The van der Waals surface area contributed by atoms with Crippen LogP contribution in [0.15, 0.2) is 59.6 Å². The molecular weight excluding hydrogens is 420 g/mol. The average molecular weight is 449 g/mol. The SMILES string of the molecule is COc1ccc(CCN/C(=N/C(=O)Nc2ccccc2)Nc2nc(C)cc(C)n2)cc1OC. The number of nitrogens with one attached hydrogen (secondary N) is 3. The molecule has 2 amide bonds. The predicted molar refractivity (Wildman–Crippen MR) is 129 cm³/mol. The van der Waals surface area contributed by atoms with Crippen molar-refractivity contribution in [1.82, 2.24) is 15.3 Å². The van der Waals surface area contributed by atoms with Crippen LogP contribution in [0, 0.1) is 13.8 Å². The predicted octanol–water partition coefficient (Wildman–Crippen LogP) is 3.94. The summed E-state index contributed by atoms with van der Waals surface area (Å²) in [5.41, 5.74) is 3.31. The first-order valence-corrected chi connectivity index (χ1v) is 10.5. The van der Waals surface area contributed by atoms with Crippen molar-refractivity contribution in [3.8, 4) is 11.5 Å². The van der Waals surface area contributed by atoms with Gasteiger partial charge in [0, 0.05) is 23.6 Å². The van der Waals surface area contributed by atoms with Gasteiger partial charge in [0.1, 0.15) is 0 Å². The number of amides is 2. The minimum atomic E-state index is -0.522. The zero-order valence-corrected chi connectivity index (χ0v) is 19.2. The van der Waals surface area contributed by atoms with Gasteiger partial charge in [0.05, 0.1) is 14.2 Å². The van der Waals surface area contributed by atoms with Gasteiger partial charge < -0.3 is 20.1 Å². The topological polar surface area (TPSA) is 110 Å². The second kappa shape index (κ2) is 11.5. The van der Waals surface area contributed by atoms with E-state index in [-0.39, 0.29) is 5.96 Å². The van der Waals surface area contributed by atoms with E-state index in [1.165, 1.54) is 0 Å². The van der Waals surface area contributed by atoms with E-state index in [2.05, 4.69) is 30.9 Å². The maximum Gasteiger partial charge on any atom is 0.348 e. The molecule has 3 rings (SSSR count). The van der Waals surface area contributed by atoms with Crippen molar-refractivity contribution in [2.24, 2.45) is 4.99 Å². The average Bonchev–Trinajstić information content (AvgIpc) is 2.78. The van der Waals surface area contributed by atoms with Crippen molar-refractivity contribution >= 4 is 23.6 Å². The fourth-order valence-corrected chi connectivity index (χ4v) is 3.14. The third-order valence-corrected chi connectivity index (χ3v) is 4.60. The summed E-state index contributed by atoms with van der Waals surface area (Å²) in [4.78, 5) is 25.4. The molecule has 172 valence electrons. The Balaban J connectivity index is 1.72. The van der Waals surface area contributed by atoms with Gasteiger partial charge in [-0.3, -0.25) is 5.32 Å². The minimum absolute atomic E-state index is 0.244. The van der Waals surface area contributed by atoms with Crippen LogP contribution in [0.1, 0.15) is 17.0 Å². The summed E-state index contributed by atoms with van der Waals surface area (Å²) in [6, 6.07) is 16.2. The third-order valence-electron chi connectivity index (χ3n) is 4.60. The molecule has 0 bridgehead atoms. The van der Waals surface area contributed by atoms with Crippen molar-refractivity contribution in [3.05, 3.63) is 71.5 Å². The first kappa shape index (κ1) is 23.5. The first-order chi connectivity index (χ1) is 16.0. The molecule has 3 N–H and O–H groups in total. The normalized spacial score (nSPS) is 11.0. The number of guanidine groups is 1. The monoisotopic (exact) mass is 448 g/mol. The molecule has 0 radical (unpaired) electrons. The van der Waals surface area contributed by atoms with Gasteiger partial charge in [0.25, 0.3) is 0 Å². The van der Waals surface area contributed by atoms with Crippen LogP contribution in [0.3, 0.4) is 0 Å². The Hall–Kier alpha value is -4.14. The number of hydrogen-bond acceptors (Lipinski definition) is 5. The van der Waals surface area contributed by atoms with E-state index < -0.39 is 6.03 Å². The van der Waals surface area contributed by atoms with Crippen LogP contribution in [0.4, 0.5) is 16.4 Å². The highest BCUT2D eigenvalue weighted by Crippen LogP contribution is 2.27. The van der Waals surface area contributed by atoms with Gasteiger partial charge in [-0.2, -0.15) is 4.99 Å². The highest BCUT2D eigenvalue weighted by molar-refractivity contribution is 6.03. The van der Waals surface area contributed by atoms with Gasteiger partial charge in [-0.15, -0.1) is 0 Å². The van der Waals surface area contributed by atoms with Crippen molar-refractivity contribution in [2.75, 3.05) is 31.4 Å². The summed E-state index contributed by atoms with van der Waals surface area (Å²) in [5.74, 6) is 1.93. The molecule has 2 aromatic carbocycles. The van der Waals surface area contributed by atoms with E-state index >= 15 is 0 Å². The van der Waals surface area contributed by atoms with E-state index in [1.807, 2.05) is 56.3 Å². The number of carbonyl (C=O) groups excluding carboxylic acids is 1. The molecule has 0 aliphatic carbocycles. The first-order valence-electron chi connectivity index (χ1n) is 10.5. The highest BCUT2D eigenvalue weighted by atomic mass is 16.5. The molecule has 33 heavy (non-hydrogen) atoms. The van der Waals surface area contributed by atoms with Gasteiger partial charge in [0.2, 0.25) is 11.9 Å². The Kier molecular flexibility index (Phi) is 8.18. The molecule has 9 heteroatoms. The van der Waals surface area contributed by atoms with Crippen LogP contribution in [0.2, 0.25) is 0 Å². The van der Waals surface area contributed by atoms with E-state index in [1.54, 1.807) is 26.4 Å². The number of methoxy groups -OCH3 is 2. The van der Waals surface area contributed by atoms with E-state index in [0.717, 1.165) is 17.0 Å². The Bertz CT molecular complexity index is 1100. The van der Waals surface area contributed by atoms with Crippen LogP contribution in [0.5, 0.6) is 11.5 Å². The van der Waals surface area contributed by atoms with Gasteiger partial charge in [0.15, 0.2) is 11.5 Å². The number of aryl methyl sites for hydroxylation is 2. The van der Waals surface area contributed by atoms with Gasteiger partial charge in [-0.1, -0.05) is 24.3 Å². The van der Waals surface area contributed by atoms with E-state index in [0.29, 0.717) is 36.1 Å². The number of hydrogen-bond donors (Lipinski definition) is 3. The van der Waals surface area contributed by atoms with Crippen molar-refractivity contribution in [3.63, 3.8) is 0 Å². The quantitative estimate of drug-likeness (QED) is 0.371. The van der Waals surface area contributed by atoms with Gasteiger partial charge in [-0.25, -0.2) is 14.8 Å².